The van der Waals surface area contributed by atoms with Crippen molar-refractivity contribution in [2.45, 2.75) is 16.9 Å². The molecule has 1 heterocycles. The quantitative estimate of drug-likeness (QED) is 0.553. The summed E-state index contributed by atoms with van der Waals surface area (Å²) >= 11 is 9.54. The van der Waals surface area contributed by atoms with Crippen molar-refractivity contribution in [2.24, 2.45) is 0 Å². The van der Waals surface area contributed by atoms with Gasteiger partial charge < -0.3 is 9.47 Å². The molecule has 1 aromatic heterocycles. The molecule has 2 nitrogen and oxygen atoms in total. The Morgan fingerprint density at radius 1 is 1.16 bits per heavy atom. The molecular formula is C14H15ClO2S2. The molecule has 19 heavy (non-hydrogen) atoms. The lowest BCUT2D eigenvalue weighted by molar-refractivity contribution is -0.106. The van der Waals surface area contributed by atoms with Crippen molar-refractivity contribution >= 4 is 34.7 Å². The predicted octanol–water partition coefficient (Wildman–Crippen LogP) is 4.99. The monoisotopic (exact) mass is 314 g/mol. The maximum Gasteiger partial charge on any atom is 0.183 e. The molecule has 0 bridgehead atoms. The molecule has 102 valence electrons. The number of rotatable bonds is 6. The standard InChI is InChI=1S/C14H15ClO2S2/c1-16-14(17-2)10-3-5-11(6-4-10)19-9-13-12(15)7-8-18-13/h3-8,14H,9H2,1-2H3. The number of halogens is 1. The van der Waals surface area contributed by atoms with Gasteiger partial charge in [0.05, 0.1) is 5.02 Å². The number of thiophene rings is 1. The molecule has 0 saturated heterocycles. The van der Waals surface area contributed by atoms with Crippen LogP contribution in [0.2, 0.25) is 5.02 Å². The largest absolute Gasteiger partial charge is 0.352 e. The van der Waals surface area contributed by atoms with Crippen LogP contribution in [0.1, 0.15) is 16.7 Å². The van der Waals surface area contributed by atoms with Crippen LogP contribution in [0.15, 0.2) is 40.6 Å². The highest BCUT2D eigenvalue weighted by Gasteiger charge is 2.08. The number of hydrogen-bond donors (Lipinski definition) is 0. The third kappa shape index (κ3) is 3.97. The molecule has 0 saturated carbocycles. The van der Waals surface area contributed by atoms with Crippen LogP contribution in [-0.2, 0) is 15.2 Å². The van der Waals surface area contributed by atoms with Crippen molar-refractivity contribution in [3.05, 3.63) is 51.2 Å². The molecule has 0 N–H and O–H groups in total. The van der Waals surface area contributed by atoms with Crippen molar-refractivity contribution in [1.29, 1.82) is 0 Å². The number of benzene rings is 1. The van der Waals surface area contributed by atoms with E-state index >= 15 is 0 Å². The van der Waals surface area contributed by atoms with Gasteiger partial charge >= 0.3 is 0 Å². The molecular weight excluding hydrogens is 300 g/mol. The van der Waals surface area contributed by atoms with E-state index in [9.17, 15) is 0 Å². The highest BCUT2D eigenvalue weighted by molar-refractivity contribution is 7.98. The molecule has 0 aliphatic heterocycles. The van der Waals surface area contributed by atoms with Crippen LogP contribution in [0.5, 0.6) is 0 Å². The molecule has 0 amide bonds. The highest BCUT2D eigenvalue weighted by Crippen LogP contribution is 2.31. The van der Waals surface area contributed by atoms with Gasteiger partial charge in [-0.3, -0.25) is 0 Å². The van der Waals surface area contributed by atoms with Crippen molar-refractivity contribution in [1.82, 2.24) is 0 Å². The first-order chi connectivity index (χ1) is 9.24. The van der Waals surface area contributed by atoms with E-state index in [0.29, 0.717) is 0 Å². The molecule has 2 aromatic rings. The molecule has 5 heteroatoms. The van der Waals surface area contributed by atoms with Gasteiger partial charge in [0.25, 0.3) is 0 Å². The van der Waals surface area contributed by atoms with Crippen LogP contribution in [0, 0.1) is 0 Å². The average Bonchev–Trinajstić information content (AvgIpc) is 2.85. The molecule has 0 unspecified atom stereocenters. The highest BCUT2D eigenvalue weighted by atomic mass is 35.5. The van der Waals surface area contributed by atoms with Crippen LogP contribution in [0.3, 0.4) is 0 Å². The second kappa shape index (κ2) is 7.31. The van der Waals surface area contributed by atoms with Gasteiger partial charge in [-0.15, -0.1) is 23.1 Å². The summed E-state index contributed by atoms with van der Waals surface area (Å²) in [6, 6.07) is 10.1. The van der Waals surface area contributed by atoms with E-state index in [2.05, 4.69) is 12.1 Å². The van der Waals surface area contributed by atoms with Crippen LogP contribution >= 0.6 is 34.7 Å². The second-order valence-electron chi connectivity index (χ2n) is 3.85. The van der Waals surface area contributed by atoms with Crippen LogP contribution in [-0.4, -0.2) is 14.2 Å². The Hall–Kier alpha value is -0.520. The summed E-state index contributed by atoms with van der Waals surface area (Å²) in [5.41, 5.74) is 1.02. The van der Waals surface area contributed by atoms with Gasteiger partial charge in [-0.05, 0) is 23.6 Å². The maximum atomic E-state index is 6.07. The molecule has 2 rings (SSSR count). The van der Waals surface area contributed by atoms with Crippen molar-refractivity contribution in [2.75, 3.05) is 14.2 Å². The average molecular weight is 315 g/mol. The Bertz CT molecular complexity index is 506. The molecule has 0 spiro atoms. The van der Waals surface area contributed by atoms with E-state index in [4.69, 9.17) is 21.1 Å². The first-order valence-electron chi connectivity index (χ1n) is 5.75. The van der Waals surface area contributed by atoms with E-state index in [-0.39, 0.29) is 6.29 Å². The topological polar surface area (TPSA) is 18.5 Å². The summed E-state index contributed by atoms with van der Waals surface area (Å²) in [5.74, 6) is 0.897. The lowest BCUT2D eigenvalue weighted by Crippen LogP contribution is -2.02. The van der Waals surface area contributed by atoms with Gasteiger partial charge in [-0.2, -0.15) is 0 Å². The van der Waals surface area contributed by atoms with Crippen LogP contribution < -0.4 is 0 Å². The Balaban J connectivity index is 1.97. The van der Waals surface area contributed by atoms with Crippen LogP contribution in [0.4, 0.5) is 0 Å². The maximum absolute atomic E-state index is 6.07. The summed E-state index contributed by atoms with van der Waals surface area (Å²) < 4.78 is 10.4. The normalized spacial score (nSPS) is 11.2. The Morgan fingerprint density at radius 3 is 2.37 bits per heavy atom. The fourth-order valence-electron chi connectivity index (χ4n) is 1.67. The zero-order valence-electron chi connectivity index (χ0n) is 10.8. The van der Waals surface area contributed by atoms with Crippen LogP contribution in [0.25, 0.3) is 0 Å². The SMILES string of the molecule is COC(OC)c1ccc(SCc2sccc2Cl)cc1. The lowest BCUT2D eigenvalue weighted by atomic mass is 10.2. The molecule has 0 radical (unpaired) electrons. The number of thioether (sulfide) groups is 1. The van der Waals surface area contributed by atoms with Crippen molar-refractivity contribution in [3.8, 4) is 0 Å². The fourth-order valence-corrected chi connectivity index (χ4v) is 3.86. The summed E-state index contributed by atoms with van der Waals surface area (Å²) in [5, 5.41) is 2.87. The molecule has 0 aliphatic rings. The van der Waals surface area contributed by atoms with Gasteiger partial charge in [-0.1, -0.05) is 23.7 Å². The van der Waals surface area contributed by atoms with Gasteiger partial charge in [0.2, 0.25) is 0 Å². The van der Waals surface area contributed by atoms with Gasteiger partial charge in [0, 0.05) is 35.3 Å². The molecule has 0 fully saturated rings. The smallest absolute Gasteiger partial charge is 0.183 e. The lowest BCUT2D eigenvalue weighted by Gasteiger charge is -2.13. The summed E-state index contributed by atoms with van der Waals surface area (Å²) in [6.45, 7) is 0. The predicted molar refractivity (Wildman–Crippen MR) is 82.1 cm³/mol. The first kappa shape index (κ1) is 14.9. The first-order valence-corrected chi connectivity index (χ1v) is 7.99. The van der Waals surface area contributed by atoms with Crippen molar-refractivity contribution in [3.63, 3.8) is 0 Å². The zero-order chi connectivity index (χ0) is 13.7. The van der Waals surface area contributed by atoms with Gasteiger partial charge in [-0.25, -0.2) is 0 Å². The van der Waals surface area contributed by atoms with E-state index in [1.807, 2.05) is 23.6 Å². The minimum atomic E-state index is -0.300. The van der Waals surface area contributed by atoms with E-state index < -0.39 is 0 Å². The third-order valence-electron chi connectivity index (χ3n) is 2.64. The number of ether oxygens (including phenoxy) is 2. The summed E-state index contributed by atoms with van der Waals surface area (Å²) in [7, 11) is 3.27. The van der Waals surface area contributed by atoms with E-state index in [0.717, 1.165) is 16.3 Å². The Labute approximate surface area is 126 Å². The zero-order valence-corrected chi connectivity index (χ0v) is 13.1. The number of hydrogen-bond acceptors (Lipinski definition) is 4. The number of methoxy groups -OCH3 is 2. The molecule has 0 atom stereocenters. The van der Waals surface area contributed by atoms with Gasteiger partial charge in [0.1, 0.15) is 0 Å². The fraction of sp³-hybridized carbons (Fsp3) is 0.286. The van der Waals surface area contributed by atoms with E-state index in [1.54, 1.807) is 37.3 Å². The Kier molecular flexibility index (Phi) is 5.73. The minimum absolute atomic E-state index is 0.300. The molecule has 0 aliphatic carbocycles. The molecule has 1 aromatic carbocycles. The Morgan fingerprint density at radius 2 is 1.84 bits per heavy atom. The van der Waals surface area contributed by atoms with Crippen molar-refractivity contribution < 1.29 is 9.47 Å². The summed E-state index contributed by atoms with van der Waals surface area (Å²) in [4.78, 5) is 2.42. The second-order valence-corrected chi connectivity index (χ2v) is 6.31. The minimum Gasteiger partial charge on any atom is -0.352 e. The van der Waals surface area contributed by atoms with E-state index in [1.165, 1.54) is 9.77 Å². The van der Waals surface area contributed by atoms with Gasteiger partial charge in [0.15, 0.2) is 6.29 Å². The third-order valence-corrected chi connectivity index (χ3v) is 5.25. The summed E-state index contributed by atoms with van der Waals surface area (Å²) in [6.07, 6.45) is -0.300.